The molecule has 10 heavy (non-hydrogen) atoms. The van der Waals surface area contributed by atoms with Gasteiger partial charge >= 0.3 is 0 Å². The molecule has 0 unspecified atom stereocenters. The maximum absolute atomic E-state index is 11.0. The Morgan fingerprint density at radius 2 is 2.20 bits per heavy atom. The lowest BCUT2D eigenvalue weighted by Gasteiger charge is -2.13. The van der Waals surface area contributed by atoms with Crippen LogP contribution in [0, 0.1) is 5.92 Å². The number of hydrogen-bond acceptors (Lipinski definition) is 2. The van der Waals surface area contributed by atoms with E-state index in [2.05, 4.69) is 5.32 Å². The minimum atomic E-state index is -0.293. The highest BCUT2D eigenvalue weighted by molar-refractivity contribution is 6.04. The fourth-order valence-corrected chi connectivity index (χ4v) is 1.71. The number of fused-ring (bicyclic) bond motifs is 2. The van der Waals surface area contributed by atoms with Crippen molar-refractivity contribution in [3.8, 4) is 0 Å². The molecule has 2 bridgehead atoms. The third-order valence-corrected chi connectivity index (χ3v) is 2.31. The minimum Gasteiger partial charge on any atom is -0.353 e. The molecule has 1 aliphatic carbocycles. The fourth-order valence-electron chi connectivity index (χ4n) is 1.71. The highest BCUT2D eigenvalue weighted by Crippen LogP contribution is 2.26. The first-order valence-corrected chi connectivity index (χ1v) is 3.60. The van der Waals surface area contributed by atoms with E-state index in [1.165, 1.54) is 0 Å². The first-order chi connectivity index (χ1) is 4.77. The van der Waals surface area contributed by atoms with Crippen molar-refractivity contribution in [1.29, 1.82) is 0 Å². The number of Topliss-reactive ketones (excluding diaryl/α,β-unsaturated/α-hetero) is 1. The van der Waals surface area contributed by atoms with E-state index in [0.29, 0.717) is 12.5 Å². The first-order valence-electron chi connectivity index (χ1n) is 3.60. The van der Waals surface area contributed by atoms with E-state index in [9.17, 15) is 9.59 Å². The quantitative estimate of drug-likeness (QED) is 0.474. The van der Waals surface area contributed by atoms with E-state index >= 15 is 0 Å². The predicted octanol–water partition coefficient (Wildman–Crippen LogP) is -0.146. The highest BCUT2D eigenvalue weighted by atomic mass is 16.2. The van der Waals surface area contributed by atoms with Crippen molar-refractivity contribution in [1.82, 2.24) is 5.32 Å². The number of amides is 1. The molecule has 2 aliphatic rings. The third kappa shape index (κ3) is 0.664. The van der Waals surface area contributed by atoms with Crippen LogP contribution in [0.3, 0.4) is 0 Å². The topological polar surface area (TPSA) is 46.2 Å². The zero-order valence-corrected chi connectivity index (χ0v) is 5.59. The summed E-state index contributed by atoms with van der Waals surface area (Å²) in [5.74, 6) is -0.211. The number of nitrogens with one attached hydrogen (secondary N) is 1. The molecule has 0 aromatic heterocycles. The normalized spacial score (nSPS) is 38.0. The lowest BCUT2D eigenvalue weighted by molar-refractivity contribution is -0.131. The van der Waals surface area contributed by atoms with Gasteiger partial charge in [-0.3, -0.25) is 9.59 Å². The average Bonchev–Trinajstić information content (AvgIpc) is 2.21. The second kappa shape index (κ2) is 1.81. The zero-order chi connectivity index (χ0) is 7.14. The standard InChI is InChI=1S/C7H9NO2/c9-6-2-1-4-3-5(6)7(10)8-4/h4-5H,1-3H2,(H,8,10)/t4-,5+/m0/s1. The van der Waals surface area contributed by atoms with E-state index < -0.39 is 0 Å². The van der Waals surface area contributed by atoms with E-state index in [4.69, 9.17) is 0 Å². The Kier molecular flexibility index (Phi) is 1.07. The maximum atomic E-state index is 11.0. The van der Waals surface area contributed by atoms with Crippen LogP contribution in [0.25, 0.3) is 0 Å². The minimum absolute atomic E-state index is 0.0486. The number of carbonyl (C=O) groups is 2. The summed E-state index contributed by atoms with van der Waals surface area (Å²) < 4.78 is 0. The van der Waals surface area contributed by atoms with Gasteiger partial charge in [0.1, 0.15) is 5.78 Å². The van der Waals surface area contributed by atoms with Crippen molar-refractivity contribution in [3.63, 3.8) is 0 Å². The lowest BCUT2D eigenvalue weighted by Crippen LogP contribution is -2.24. The summed E-state index contributed by atoms with van der Waals surface area (Å²) in [5, 5.41) is 2.79. The Bertz CT molecular complexity index is 192. The second-order valence-corrected chi connectivity index (χ2v) is 3.00. The SMILES string of the molecule is O=C1CC[C@H]2C[C@H]1C(=O)N2. The summed E-state index contributed by atoms with van der Waals surface area (Å²) in [7, 11) is 0. The van der Waals surface area contributed by atoms with Crippen LogP contribution in [0.4, 0.5) is 0 Å². The summed E-state index contributed by atoms with van der Waals surface area (Å²) in [6.45, 7) is 0. The van der Waals surface area contributed by atoms with Crippen molar-refractivity contribution in [2.45, 2.75) is 25.3 Å². The Balaban J connectivity index is 2.25. The molecule has 3 nitrogen and oxygen atoms in total. The Hall–Kier alpha value is -0.860. The molecule has 2 atom stereocenters. The van der Waals surface area contributed by atoms with Gasteiger partial charge in [-0.1, -0.05) is 0 Å². The largest absolute Gasteiger partial charge is 0.353 e. The van der Waals surface area contributed by atoms with E-state index in [-0.39, 0.29) is 17.6 Å². The average molecular weight is 139 g/mol. The third-order valence-electron chi connectivity index (χ3n) is 2.31. The second-order valence-electron chi connectivity index (χ2n) is 3.00. The molecule has 1 saturated carbocycles. The lowest BCUT2D eigenvalue weighted by atomic mass is 9.89. The molecule has 0 spiro atoms. The predicted molar refractivity (Wildman–Crippen MR) is 34.3 cm³/mol. The van der Waals surface area contributed by atoms with Gasteiger partial charge in [-0.05, 0) is 12.8 Å². The maximum Gasteiger partial charge on any atom is 0.230 e. The molecule has 1 saturated heterocycles. The van der Waals surface area contributed by atoms with Crippen LogP contribution in [0.15, 0.2) is 0 Å². The summed E-state index contributed by atoms with van der Waals surface area (Å²) >= 11 is 0. The number of hydrogen-bond donors (Lipinski definition) is 1. The van der Waals surface area contributed by atoms with Gasteiger partial charge in [-0.25, -0.2) is 0 Å². The van der Waals surface area contributed by atoms with E-state index in [1.807, 2.05) is 0 Å². The van der Waals surface area contributed by atoms with Crippen LogP contribution in [-0.4, -0.2) is 17.7 Å². The van der Waals surface area contributed by atoms with Crippen LogP contribution >= 0.6 is 0 Å². The van der Waals surface area contributed by atoms with Gasteiger partial charge in [0.2, 0.25) is 5.91 Å². The molecular formula is C7H9NO2. The molecule has 1 N–H and O–H groups in total. The zero-order valence-electron chi connectivity index (χ0n) is 5.59. The van der Waals surface area contributed by atoms with Crippen LogP contribution in [0.2, 0.25) is 0 Å². The highest BCUT2D eigenvalue weighted by Gasteiger charge is 2.40. The molecule has 0 radical (unpaired) electrons. The van der Waals surface area contributed by atoms with Gasteiger partial charge in [0.05, 0.1) is 5.92 Å². The molecule has 2 fully saturated rings. The van der Waals surface area contributed by atoms with Gasteiger partial charge in [0.15, 0.2) is 0 Å². The van der Waals surface area contributed by atoms with Crippen molar-refractivity contribution >= 4 is 11.7 Å². The van der Waals surface area contributed by atoms with Crippen molar-refractivity contribution < 1.29 is 9.59 Å². The molecule has 2 rings (SSSR count). The summed E-state index contributed by atoms with van der Waals surface area (Å²) in [6, 6.07) is 0.301. The van der Waals surface area contributed by atoms with Gasteiger partial charge in [0, 0.05) is 12.5 Å². The summed E-state index contributed by atoms with van der Waals surface area (Å²) in [5.41, 5.74) is 0. The van der Waals surface area contributed by atoms with Gasteiger partial charge < -0.3 is 5.32 Å². The molecule has 0 aromatic rings. The van der Waals surface area contributed by atoms with E-state index in [0.717, 1.165) is 12.8 Å². The smallest absolute Gasteiger partial charge is 0.230 e. The van der Waals surface area contributed by atoms with Gasteiger partial charge in [0.25, 0.3) is 0 Å². The van der Waals surface area contributed by atoms with Crippen molar-refractivity contribution in [3.05, 3.63) is 0 Å². The Morgan fingerprint density at radius 1 is 1.40 bits per heavy atom. The van der Waals surface area contributed by atoms with E-state index in [1.54, 1.807) is 0 Å². The van der Waals surface area contributed by atoms with Crippen LogP contribution < -0.4 is 5.32 Å². The van der Waals surface area contributed by atoms with Crippen molar-refractivity contribution in [2.24, 2.45) is 5.92 Å². The molecule has 1 aliphatic heterocycles. The van der Waals surface area contributed by atoms with Crippen LogP contribution in [0.1, 0.15) is 19.3 Å². The number of ketones is 1. The summed E-state index contributed by atoms with van der Waals surface area (Å²) in [6.07, 6.45) is 2.19. The van der Waals surface area contributed by atoms with Crippen LogP contribution in [0.5, 0.6) is 0 Å². The molecule has 0 aromatic carbocycles. The fraction of sp³-hybridized carbons (Fsp3) is 0.714. The molecular weight excluding hydrogens is 130 g/mol. The molecule has 3 heteroatoms. The van der Waals surface area contributed by atoms with Crippen LogP contribution in [-0.2, 0) is 9.59 Å². The summed E-state index contributed by atoms with van der Waals surface area (Å²) in [4.78, 5) is 21.9. The molecule has 54 valence electrons. The number of carbonyl (C=O) groups excluding carboxylic acids is 2. The first kappa shape index (κ1) is 5.89. The Labute approximate surface area is 58.8 Å². The Morgan fingerprint density at radius 3 is 2.90 bits per heavy atom. The monoisotopic (exact) mass is 139 g/mol. The number of rotatable bonds is 0. The molecule has 1 heterocycles. The molecule has 1 amide bonds. The van der Waals surface area contributed by atoms with Crippen molar-refractivity contribution in [2.75, 3.05) is 0 Å². The van der Waals surface area contributed by atoms with Gasteiger partial charge in [-0.2, -0.15) is 0 Å². The van der Waals surface area contributed by atoms with Gasteiger partial charge in [-0.15, -0.1) is 0 Å².